The van der Waals surface area contributed by atoms with Crippen LogP contribution in [0.2, 0.25) is 0 Å². The molecule has 0 aromatic carbocycles. The second kappa shape index (κ2) is 8.31. The normalized spacial score (nSPS) is 21.2. The molecule has 3 aliphatic rings. The van der Waals surface area contributed by atoms with Gasteiger partial charge < -0.3 is 8.83 Å². The molecule has 4 heterocycles. The smallest absolute Gasteiger partial charge is 0.283 e. The van der Waals surface area contributed by atoms with E-state index in [2.05, 4.69) is 10.1 Å². The van der Waals surface area contributed by atoms with Gasteiger partial charge in [-0.15, -0.1) is 0 Å². The Morgan fingerprint density at radius 3 is 2.93 bits per heavy atom. The molecular formula is C21H20N4O3S2. The van der Waals surface area contributed by atoms with Gasteiger partial charge in [-0.1, -0.05) is 31.0 Å². The Morgan fingerprint density at radius 1 is 1.27 bits per heavy atom. The number of rotatable bonds is 5. The minimum atomic E-state index is -0.431. The van der Waals surface area contributed by atoms with E-state index in [9.17, 15) is 4.79 Å². The maximum atomic E-state index is 12.6. The summed E-state index contributed by atoms with van der Waals surface area (Å²) in [7, 11) is 0. The van der Waals surface area contributed by atoms with Gasteiger partial charge in [0, 0.05) is 5.92 Å². The molecule has 2 aromatic heterocycles. The average Bonchev–Trinajstić information content (AvgIpc) is 3.51. The second-order valence-electron chi connectivity index (χ2n) is 7.32. The summed E-state index contributed by atoms with van der Waals surface area (Å²) in [6.45, 7) is 0. The van der Waals surface area contributed by atoms with E-state index < -0.39 is 5.91 Å². The van der Waals surface area contributed by atoms with Crippen LogP contribution in [0.15, 0.2) is 60.1 Å². The summed E-state index contributed by atoms with van der Waals surface area (Å²) in [5, 5.41) is 16.8. The summed E-state index contributed by atoms with van der Waals surface area (Å²) < 4.78 is 11.1. The van der Waals surface area contributed by atoms with Crippen LogP contribution in [0.3, 0.4) is 0 Å². The largest absolute Gasteiger partial charge is 0.468 e. The van der Waals surface area contributed by atoms with Crippen molar-refractivity contribution in [2.24, 2.45) is 16.0 Å². The lowest BCUT2D eigenvalue weighted by Gasteiger charge is -2.20. The van der Waals surface area contributed by atoms with Crippen LogP contribution in [0.1, 0.15) is 43.6 Å². The monoisotopic (exact) mass is 440 g/mol. The number of hydrazone groups is 1. The topological polar surface area (TPSA) is 95.2 Å². The van der Waals surface area contributed by atoms with Gasteiger partial charge in [0.15, 0.2) is 10.9 Å². The van der Waals surface area contributed by atoms with Crippen molar-refractivity contribution in [3.8, 4) is 0 Å². The molecule has 0 saturated heterocycles. The highest BCUT2D eigenvalue weighted by Crippen LogP contribution is 2.36. The van der Waals surface area contributed by atoms with Crippen LogP contribution in [0.4, 0.5) is 0 Å². The van der Waals surface area contributed by atoms with Crippen molar-refractivity contribution in [2.75, 3.05) is 0 Å². The molecule has 5 rings (SSSR count). The number of nitrogens with zero attached hydrogens (tertiary/aromatic N) is 3. The molecule has 0 unspecified atom stereocenters. The van der Waals surface area contributed by atoms with Gasteiger partial charge in [0.05, 0.1) is 17.6 Å². The number of carbonyl (C=O) groups is 1. The van der Waals surface area contributed by atoms with Gasteiger partial charge in [-0.25, -0.2) is 0 Å². The highest BCUT2D eigenvalue weighted by molar-refractivity contribution is 8.27. The third kappa shape index (κ3) is 3.91. The first-order valence-corrected chi connectivity index (χ1v) is 11.7. The minimum absolute atomic E-state index is 0.0458. The fraction of sp³-hybridized carbons (Fsp3) is 0.333. The molecule has 9 heteroatoms. The van der Waals surface area contributed by atoms with Crippen LogP contribution >= 0.6 is 23.5 Å². The fourth-order valence-electron chi connectivity index (χ4n) is 3.69. The lowest BCUT2D eigenvalue weighted by atomic mass is 9.90. The summed E-state index contributed by atoms with van der Waals surface area (Å²) in [4.78, 5) is 16.8. The number of fused-ring (bicyclic) bond motifs is 1. The van der Waals surface area contributed by atoms with Crippen LogP contribution in [-0.4, -0.2) is 27.0 Å². The molecule has 1 N–H and O–H groups in total. The van der Waals surface area contributed by atoms with Gasteiger partial charge >= 0.3 is 0 Å². The SMILES string of the molecule is N=C1/C(=C/c2ccc(SCc3ccco3)o2)C(=O)N=C2SC(C3CCCCC3)=NN12. The summed E-state index contributed by atoms with van der Waals surface area (Å²) in [6.07, 6.45) is 9.12. The predicted octanol–water partition coefficient (Wildman–Crippen LogP) is 5.36. The van der Waals surface area contributed by atoms with Gasteiger partial charge in [-0.2, -0.15) is 15.1 Å². The van der Waals surface area contributed by atoms with Crippen LogP contribution < -0.4 is 0 Å². The van der Waals surface area contributed by atoms with Crippen LogP contribution in [0.5, 0.6) is 0 Å². The lowest BCUT2D eigenvalue weighted by molar-refractivity contribution is -0.114. The number of furan rings is 2. The van der Waals surface area contributed by atoms with Crippen molar-refractivity contribution in [3.05, 3.63) is 47.6 Å². The van der Waals surface area contributed by atoms with Crippen LogP contribution in [0, 0.1) is 11.3 Å². The Kier molecular flexibility index (Phi) is 5.39. The van der Waals surface area contributed by atoms with Gasteiger partial charge in [0.2, 0.25) is 5.17 Å². The molecule has 1 saturated carbocycles. The summed E-state index contributed by atoms with van der Waals surface area (Å²) >= 11 is 2.93. The van der Waals surface area contributed by atoms with Crippen molar-refractivity contribution < 1.29 is 13.6 Å². The van der Waals surface area contributed by atoms with Gasteiger partial charge in [0.25, 0.3) is 5.91 Å². The Labute approximate surface area is 182 Å². The molecule has 1 aliphatic carbocycles. The lowest BCUT2D eigenvalue weighted by Crippen LogP contribution is -2.35. The zero-order chi connectivity index (χ0) is 20.5. The van der Waals surface area contributed by atoms with Crippen molar-refractivity contribution in [2.45, 2.75) is 42.9 Å². The highest BCUT2D eigenvalue weighted by atomic mass is 32.2. The molecule has 30 heavy (non-hydrogen) atoms. The number of amidine groups is 2. The molecule has 0 atom stereocenters. The van der Waals surface area contributed by atoms with Crippen LogP contribution in [-0.2, 0) is 10.5 Å². The predicted molar refractivity (Wildman–Crippen MR) is 119 cm³/mol. The molecule has 0 spiro atoms. The summed E-state index contributed by atoms with van der Waals surface area (Å²) in [5.41, 5.74) is 0.185. The fourth-order valence-corrected chi connectivity index (χ4v) is 5.52. The first kappa shape index (κ1) is 19.4. The number of hydrogen-bond acceptors (Lipinski definition) is 7. The third-order valence-electron chi connectivity index (χ3n) is 5.25. The average molecular weight is 441 g/mol. The number of nitrogens with one attached hydrogen (secondary N) is 1. The van der Waals surface area contributed by atoms with E-state index in [0.717, 1.165) is 23.6 Å². The molecule has 1 fully saturated rings. The number of amides is 1. The number of thioether (sulfide) groups is 2. The number of hydrogen-bond donors (Lipinski definition) is 1. The van der Waals surface area contributed by atoms with E-state index in [-0.39, 0.29) is 11.4 Å². The highest BCUT2D eigenvalue weighted by Gasteiger charge is 2.38. The molecule has 2 aliphatic heterocycles. The van der Waals surface area contributed by atoms with E-state index in [1.54, 1.807) is 18.4 Å². The van der Waals surface area contributed by atoms with E-state index in [4.69, 9.17) is 14.2 Å². The quantitative estimate of drug-likeness (QED) is 0.496. The van der Waals surface area contributed by atoms with Gasteiger partial charge in [0.1, 0.15) is 16.6 Å². The Morgan fingerprint density at radius 2 is 2.13 bits per heavy atom. The Hall–Kier alpha value is -2.52. The van der Waals surface area contributed by atoms with Gasteiger partial charge in [-0.05, 0) is 54.9 Å². The molecule has 1 amide bonds. The van der Waals surface area contributed by atoms with Crippen molar-refractivity contribution in [3.63, 3.8) is 0 Å². The first-order chi connectivity index (χ1) is 14.7. The number of aliphatic imine (C=N–C) groups is 1. The summed E-state index contributed by atoms with van der Waals surface area (Å²) in [6, 6.07) is 7.39. The molecule has 154 valence electrons. The summed E-state index contributed by atoms with van der Waals surface area (Å²) in [5.74, 6) is 2.05. The zero-order valence-electron chi connectivity index (χ0n) is 16.2. The standard InChI is InChI=1S/C21H20N4O3S2/c22-18-16(11-14-8-9-17(28-14)29-12-15-7-4-10-27-15)19(26)23-21-25(18)24-20(30-21)13-5-2-1-3-6-13/h4,7-11,13,22H,1-3,5-6,12H2/b16-11-,22-18?. The van der Waals surface area contributed by atoms with E-state index >= 15 is 0 Å². The van der Waals surface area contributed by atoms with Crippen molar-refractivity contribution in [1.82, 2.24) is 5.01 Å². The van der Waals surface area contributed by atoms with E-state index in [0.29, 0.717) is 27.7 Å². The third-order valence-corrected chi connectivity index (χ3v) is 7.25. The minimum Gasteiger partial charge on any atom is -0.468 e. The van der Waals surface area contributed by atoms with Crippen molar-refractivity contribution >= 4 is 51.6 Å². The van der Waals surface area contributed by atoms with Crippen LogP contribution in [0.25, 0.3) is 6.08 Å². The second-order valence-corrected chi connectivity index (χ2v) is 9.29. The molecule has 0 bridgehead atoms. The molecule has 2 aromatic rings. The number of carbonyl (C=O) groups excluding carboxylic acids is 1. The van der Waals surface area contributed by atoms with E-state index in [1.807, 2.05) is 18.2 Å². The maximum Gasteiger partial charge on any atom is 0.283 e. The Bertz CT molecular complexity index is 1060. The van der Waals surface area contributed by atoms with Gasteiger partial charge in [-0.3, -0.25) is 10.2 Å². The van der Waals surface area contributed by atoms with E-state index in [1.165, 1.54) is 47.8 Å². The molecule has 7 nitrogen and oxygen atoms in total. The molecular weight excluding hydrogens is 420 g/mol. The Balaban J connectivity index is 1.32. The first-order valence-electron chi connectivity index (χ1n) is 9.92. The van der Waals surface area contributed by atoms with Crippen molar-refractivity contribution in [1.29, 1.82) is 5.41 Å². The zero-order valence-corrected chi connectivity index (χ0v) is 17.8. The maximum absolute atomic E-state index is 12.6. The molecule has 0 radical (unpaired) electrons.